The highest BCUT2D eigenvalue weighted by Gasteiger charge is 2.31. The lowest BCUT2D eigenvalue weighted by molar-refractivity contribution is 0.0981. The number of methoxy groups -OCH3 is 1. The van der Waals surface area contributed by atoms with Gasteiger partial charge in [0.2, 0.25) is 0 Å². The molecular formula is C25H25N3O3. The number of amides is 3. The number of ether oxygens (including phenoxy) is 1. The third-order valence-electron chi connectivity index (χ3n) is 5.41. The first-order chi connectivity index (χ1) is 15.0. The Labute approximate surface area is 181 Å². The maximum Gasteiger partial charge on any atom is 0.319 e. The molecule has 3 aromatic rings. The van der Waals surface area contributed by atoms with Gasteiger partial charge in [0.1, 0.15) is 5.75 Å². The van der Waals surface area contributed by atoms with Crippen molar-refractivity contribution < 1.29 is 14.3 Å². The first kappa shape index (κ1) is 20.5. The van der Waals surface area contributed by atoms with Crippen LogP contribution in [0.3, 0.4) is 0 Å². The van der Waals surface area contributed by atoms with Crippen LogP contribution >= 0.6 is 0 Å². The Bertz CT molecular complexity index is 1080. The highest BCUT2D eigenvalue weighted by atomic mass is 16.5. The topological polar surface area (TPSA) is 70.7 Å². The summed E-state index contributed by atoms with van der Waals surface area (Å²) in [6.07, 6.45) is 0.819. The zero-order chi connectivity index (χ0) is 21.8. The largest absolute Gasteiger partial charge is 0.497 e. The van der Waals surface area contributed by atoms with Gasteiger partial charge in [0.25, 0.3) is 5.91 Å². The van der Waals surface area contributed by atoms with Gasteiger partial charge in [0.15, 0.2) is 0 Å². The van der Waals surface area contributed by atoms with E-state index in [1.807, 2.05) is 53.4 Å². The fourth-order valence-corrected chi connectivity index (χ4v) is 3.82. The van der Waals surface area contributed by atoms with E-state index in [2.05, 4.69) is 17.6 Å². The molecule has 1 aliphatic rings. The maximum absolute atomic E-state index is 13.1. The molecule has 1 aliphatic heterocycles. The van der Waals surface area contributed by atoms with Crippen LogP contribution in [0.25, 0.3) is 0 Å². The van der Waals surface area contributed by atoms with Crippen molar-refractivity contribution in [2.45, 2.75) is 25.9 Å². The third-order valence-corrected chi connectivity index (χ3v) is 5.41. The van der Waals surface area contributed by atoms with Crippen molar-refractivity contribution in [3.05, 3.63) is 89.5 Å². The monoisotopic (exact) mass is 415 g/mol. The van der Waals surface area contributed by atoms with Crippen LogP contribution in [0.4, 0.5) is 16.2 Å². The Kier molecular flexibility index (Phi) is 5.89. The van der Waals surface area contributed by atoms with Crippen LogP contribution in [-0.4, -0.2) is 25.1 Å². The fourth-order valence-electron chi connectivity index (χ4n) is 3.82. The molecule has 0 fully saturated rings. The third kappa shape index (κ3) is 4.53. The van der Waals surface area contributed by atoms with E-state index in [-0.39, 0.29) is 18.0 Å². The number of hydrogen-bond donors (Lipinski definition) is 2. The first-order valence-corrected chi connectivity index (χ1v) is 10.2. The van der Waals surface area contributed by atoms with Crippen molar-refractivity contribution in [1.82, 2.24) is 5.32 Å². The minimum Gasteiger partial charge on any atom is -0.497 e. The predicted molar refractivity (Wildman–Crippen MR) is 122 cm³/mol. The first-order valence-electron chi connectivity index (χ1n) is 10.2. The molecule has 0 saturated carbocycles. The van der Waals surface area contributed by atoms with Crippen molar-refractivity contribution in [3.8, 4) is 5.75 Å². The lowest BCUT2D eigenvalue weighted by Crippen LogP contribution is -2.35. The summed E-state index contributed by atoms with van der Waals surface area (Å²) in [5.74, 6) is 0.724. The summed E-state index contributed by atoms with van der Waals surface area (Å²) >= 11 is 0. The summed E-state index contributed by atoms with van der Waals surface area (Å²) in [6.45, 7) is 2.41. The van der Waals surface area contributed by atoms with Crippen molar-refractivity contribution in [1.29, 1.82) is 0 Å². The number of nitrogens with zero attached hydrogens (tertiary/aromatic N) is 1. The van der Waals surface area contributed by atoms with Crippen molar-refractivity contribution >= 4 is 23.3 Å². The Morgan fingerprint density at radius 3 is 2.48 bits per heavy atom. The highest BCUT2D eigenvalue weighted by molar-refractivity contribution is 6.07. The number of anilines is 2. The van der Waals surface area contributed by atoms with Gasteiger partial charge in [0, 0.05) is 29.5 Å². The lowest BCUT2D eigenvalue weighted by Gasteiger charge is -2.23. The van der Waals surface area contributed by atoms with E-state index in [1.165, 1.54) is 0 Å². The average molecular weight is 415 g/mol. The number of carbonyl (C=O) groups excluding carboxylic acids is 2. The van der Waals surface area contributed by atoms with Crippen LogP contribution in [0.5, 0.6) is 5.75 Å². The molecular weight excluding hydrogens is 390 g/mol. The molecule has 0 aliphatic carbocycles. The SMILES string of the molecule is COc1ccc(NC(=O)NCc2ccc3c(c2)N(C(=O)c2ccccc2)[C@H](C)C3)cc1. The van der Waals surface area contributed by atoms with Crippen LogP contribution in [0.2, 0.25) is 0 Å². The van der Waals surface area contributed by atoms with Gasteiger partial charge in [-0.3, -0.25) is 4.79 Å². The van der Waals surface area contributed by atoms with Gasteiger partial charge >= 0.3 is 6.03 Å². The van der Waals surface area contributed by atoms with Crippen molar-refractivity contribution in [3.63, 3.8) is 0 Å². The second-order valence-corrected chi connectivity index (χ2v) is 7.59. The second kappa shape index (κ2) is 8.92. The van der Waals surface area contributed by atoms with E-state index in [1.54, 1.807) is 31.4 Å². The molecule has 6 heteroatoms. The van der Waals surface area contributed by atoms with Gasteiger partial charge in [-0.1, -0.05) is 30.3 Å². The van der Waals surface area contributed by atoms with Crippen LogP contribution in [0, 0.1) is 0 Å². The Morgan fingerprint density at radius 2 is 1.77 bits per heavy atom. The zero-order valence-electron chi connectivity index (χ0n) is 17.6. The molecule has 0 bridgehead atoms. The second-order valence-electron chi connectivity index (χ2n) is 7.59. The maximum atomic E-state index is 13.1. The van der Waals surface area contributed by atoms with Crippen LogP contribution < -0.4 is 20.3 Å². The highest BCUT2D eigenvalue weighted by Crippen LogP contribution is 2.34. The summed E-state index contributed by atoms with van der Waals surface area (Å²) in [5.41, 5.74) is 4.34. The molecule has 0 radical (unpaired) electrons. The molecule has 0 spiro atoms. The van der Waals surface area contributed by atoms with E-state index < -0.39 is 0 Å². The van der Waals surface area contributed by atoms with E-state index in [0.717, 1.165) is 29.0 Å². The standard InChI is InChI=1S/C25H25N3O3/c1-17-14-20-9-8-18(15-23(20)28(17)24(29)19-6-4-3-5-7-19)16-26-25(30)27-21-10-12-22(31-2)13-11-21/h3-13,15,17H,14,16H2,1-2H3,(H2,26,27,30)/t17-/m1/s1. The quantitative estimate of drug-likeness (QED) is 0.639. The molecule has 0 unspecified atom stereocenters. The summed E-state index contributed by atoms with van der Waals surface area (Å²) in [7, 11) is 1.60. The molecule has 31 heavy (non-hydrogen) atoms. The summed E-state index contributed by atoms with van der Waals surface area (Å²) in [4.78, 5) is 27.2. The van der Waals surface area contributed by atoms with Gasteiger partial charge < -0.3 is 20.3 Å². The van der Waals surface area contributed by atoms with Gasteiger partial charge in [-0.05, 0) is 66.9 Å². The Morgan fingerprint density at radius 1 is 1.03 bits per heavy atom. The molecule has 158 valence electrons. The number of hydrogen-bond acceptors (Lipinski definition) is 3. The summed E-state index contributed by atoms with van der Waals surface area (Å²) in [6, 6.07) is 22.3. The molecule has 0 saturated heterocycles. The number of fused-ring (bicyclic) bond motifs is 1. The average Bonchev–Trinajstić information content (AvgIpc) is 3.13. The summed E-state index contributed by atoms with van der Waals surface area (Å²) in [5, 5.41) is 5.67. The van der Waals surface area contributed by atoms with Gasteiger partial charge in [-0.25, -0.2) is 4.79 Å². The summed E-state index contributed by atoms with van der Waals surface area (Å²) < 4.78 is 5.12. The lowest BCUT2D eigenvalue weighted by atomic mass is 10.1. The molecule has 2 N–H and O–H groups in total. The number of nitrogens with one attached hydrogen (secondary N) is 2. The Hall–Kier alpha value is -3.80. The molecule has 3 amide bonds. The van der Waals surface area contributed by atoms with Crippen LogP contribution in [-0.2, 0) is 13.0 Å². The van der Waals surface area contributed by atoms with E-state index in [0.29, 0.717) is 17.8 Å². The molecule has 0 aromatic heterocycles. The van der Waals surface area contributed by atoms with E-state index >= 15 is 0 Å². The number of carbonyl (C=O) groups is 2. The van der Waals surface area contributed by atoms with Crippen molar-refractivity contribution in [2.75, 3.05) is 17.3 Å². The number of rotatable bonds is 5. The van der Waals surface area contributed by atoms with Gasteiger partial charge in [-0.2, -0.15) is 0 Å². The molecule has 6 nitrogen and oxygen atoms in total. The minimum atomic E-state index is -0.295. The minimum absolute atomic E-state index is 0.00536. The molecule has 3 aromatic carbocycles. The van der Waals surface area contributed by atoms with Crippen molar-refractivity contribution in [2.24, 2.45) is 0 Å². The number of urea groups is 1. The van der Waals surface area contributed by atoms with Gasteiger partial charge in [-0.15, -0.1) is 0 Å². The molecule has 4 rings (SSSR count). The van der Waals surface area contributed by atoms with Crippen LogP contribution in [0.1, 0.15) is 28.4 Å². The fraction of sp³-hybridized carbons (Fsp3) is 0.200. The normalized spacial score (nSPS) is 14.6. The van der Waals surface area contributed by atoms with Crippen LogP contribution in [0.15, 0.2) is 72.8 Å². The molecule has 1 heterocycles. The zero-order valence-corrected chi connectivity index (χ0v) is 17.6. The Balaban J connectivity index is 1.43. The van der Waals surface area contributed by atoms with E-state index in [4.69, 9.17) is 4.74 Å². The molecule has 1 atom stereocenters. The number of benzene rings is 3. The smallest absolute Gasteiger partial charge is 0.319 e. The van der Waals surface area contributed by atoms with E-state index in [9.17, 15) is 9.59 Å². The van der Waals surface area contributed by atoms with Gasteiger partial charge in [0.05, 0.1) is 7.11 Å². The predicted octanol–water partition coefficient (Wildman–Crippen LogP) is 4.61.